The number of carboxylic acids is 1. The molecule has 28 heavy (non-hydrogen) atoms. The van der Waals surface area contributed by atoms with E-state index in [0.29, 0.717) is 11.3 Å². The lowest BCUT2D eigenvalue weighted by Crippen LogP contribution is -2.04. The molecule has 0 saturated carbocycles. The second-order valence-corrected chi connectivity index (χ2v) is 6.69. The van der Waals surface area contributed by atoms with Gasteiger partial charge in [0.25, 0.3) is 0 Å². The zero-order chi connectivity index (χ0) is 19.9. The number of hydrogen-bond donors (Lipinski definition) is 1. The van der Waals surface area contributed by atoms with Gasteiger partial charge in [0.1, 0.15) is 18.4 Å². The number of nitriles is 1. The fourth-order valence-corrected chi connectivity index (χ4v) is 3.11. The summed E-state index contributed by atoms with van der Waals surface area (Å²) in [7, 11) is 0. The highest BCUT2D eigenvalue weighted by Gasteiger charge is 2.12. The van der Waals surface area contributed by atoms with Crippen LogP contribution in [0.1, 0.15) is 38.2 Å². The van der Waals surface area contributed by atoms with E-state index < -0.39 is 5.97 Å². The van der Waals surface area contributed by atoms with Crippen LogP contribution in [-0.2, 0) is 19.4 Å². The number of benzene rings is 3. The van der Waals surface area contributed by atoms with Gasteiger partial charge in [-0.3, -0.25) is 0 Å². The van der Waals surface area contributed by atoms with Gasteiger partial charge in [-0.15, -0.1) is 0 Å². The number of hydrogen-bond acceptors (Lipinski definition) is 3. The van der Waals surface area contributed by atoms with Crippen molar-refractivity contribution >= 4 is 5.97 Å². The molecule has 0 aliphatic heterocycles. The topological polar surface area (TPSA) is 70.3 Å². The molecule has 0 aliphatic rings. The Balaban J connectivity index is 1.80. The van der Waals surface area contributed by atoms with E-state index in [1.807, 2.05) is 31.2 Å². The highest BCUT2D eigenvalue weighted by Crippen LogP contribution is 2.28. The summed E-state index contributed by atoms with van der Waals surface area (Å²) < 4.78 is 6.02. The van der Waals surface area contributed by atoms with Gasteiger partial charge in [0.05, 0.1) is 11.1 Å². The van der Waals surface area contributed by atoms with Crippen LogP contribution in [0.15, 0.2) is 66.7 Å². The Labute approximate surface area is 164 Å². The van der Waals surface area contributed by atoms with E-state index in [9.17, 15) is 10.1 Å². The van der Waals surface area contributed by atoms with Crippen LogP contribution < -0.4 is 4.74 Å². The number of aryl methyl sites for hydroxylation is 3. The number of carbonyl (C=O) groups is 1. The molecule has 3 aromatic carbocycles. The molecule has 0 saturated heterocycles. The van der Waals surface area contributed by atoms with Gasteiger partial charge in [0, 0.05) is 0 Å². The summed E-state index contributed by atoms with van der Waals surface area (Å²) in [6, 6.07) is 22.9. The lowest BCUT2D eigenvalue weighted by atomic mass is 9.99. The molecule has 0 aromatic heterocycles. The molecule has 3 rings (SSSR count). The van der Waals surface area contributed by atoms with Crippen LogP contribution in [0, 0.1) is 18.3 Å². The molecule has 0 unspecified atom stereocenters. The molecular formula is C24H21NO3. The van der Waals surface area contributed by atoms with E-state index in [2.05, 4.69) is 24.3 Å². The molecule has 0 bridgehead atoms. The monoisotopic (exact) mass is 371 g/mol. The Bertz CT molecular complexity index is 1000. The standard InChI is InChI=1S/C24H21NO3/c1-17-13-21(12-7-18-5-3-2-4-6-18)23(22(14-17)15-25)28-16-19-8-10-20(11-9-19)24(26)27/h2-6,8-11,13-14H,7,12,16H2,1H3,(H,26,27). The van der Waals surface area contributed by atoms with Crippen molar-refractivity contribution < 1.29 is 14.6 Å². The van der Waals surface area contributed by atoms with Crippen LogP contribution in [0.5, 0.6) is 5.75 Å². The second kappa shape index (κ2) is 8.88. The maximum Gasteiger partial charge on any atom is 0.335 e. The Kier molecular flexibility index (Phi) is 6.08. The van der Waals surface area contributed by atoms with E-state index >= 15 is 0 Å². The molecule has 4 nitrogen and oxygen atoms in total. The van der Waals surface area contributed by atoms with Gasteiger partial charge in [0.2, 0.25) is 0 Å². The number of nitrogens with zero attached hydrogens (tertiary/aromatic N) is 1. The number of ether oxygens (including phenoxy) is 1. The van der Waals surface area contributed by atoms with Gasteiger partial charge in [0.15, 0.2) is 0 Å². The zero-order valence-electron chi connectivity index (χ0n) is 15.7. The first-order valence-electron chi connectivity index (χ1n) is 9.09. The highest BCUT2D eigenvalue weighted by molar-refractivity contribution is 5.87. The first kappa shape index (κ1) is 19.2. The average molecular weight is 371 g/mol. The van der Waals surface area contributed by atoms with Crippen molar-refractivity contribution in [2.45, 2.75) is 26.4 Å². The predicted molar refractivity (Wildman–Crippen MR) is 107 cm³/mol. The molecule has 3 aromatic rings. The van der Waals surface area contributed by atoms with Crippen LogP contribution in [-0.4, -0.2) is 11.1 Å². The van der Waals surface area contributed by atoms with Gasteiger partial charge in [-0.25, -0.2) is 4.79 Å². The van der Waals surface area contributed by atoms with Crippen molar-refractivity contribution in [1.29, 1.82) is 5.26 Å². The van der Waals surface area contributed by atoms with Crippen molar-refractivity contribution in [2.75, 3.05) is 0 Å². The first-order valence-corrected chi connectivity index (χ1v) is 9.09. The van der Waals surface area contributed by atoms with Crippen molar-refractivity contribution in [3.8, 4) is 11.8 Å². The maximum absolute atomic E-state index is 11.0. The summed E-state index contributed by atoms with van der Waals surface area (Å²) in [5, 5.41) is 18.6. The number of aromatic carboxylic acids is 1. The fourth-order valence-electron chi connectivity index (χ4n) is 3.11. The van der Waals surface area contributed by atoms with Crippen molar-refractivity contribution in [2.24, 2.45) is 0 Å². The fraction of sp³-hybridized carbons (Fsp3) is 0.167. The quantitative estimate of drug-likeness (QED) is 0.639. The number of carboxylic acid groups (broad SMARTS) is 1. The van der Waals surface area contributed by atoms with Crippen LogP contribution in [0.2, 0.25) is 0 Å². The minimum absolute atomic E-state index is 0.236. The minimum Gasteiger partial charge on any atom is -0.487 e. The van der Waals surface area contributed by atoms with Gasteiger partial charge >= 0.3 is 5.97 Å². The van der Waals surface area contributed by atoms with Crippen molar-refractivity contribution in [1.82, 2.24) is 0 Å². The Morgan fingerprint density at radius 1 is 1.00 bits per heavy atom. The smallest absolute Gasteiger partial charge is 0.335 e. The zero-order valence-corrected chi connectivity index (χ0v) is 15.7. The lowest BCUT2D eigenvalue weighted by Gasteiger charge is -2.15. The van der Waals surface area contributed by atoms with E-state index in [1.54, 1.807) is 24.3 Å². The molecule has 0 amide bonds. The third-order valence-electron chi connectivity index (χ3n) is 4.54. The average Bonchev–Trinajstić information content (AvgIpc) is 2.72. The van der Waals surface area contributed by atoms with E-state index in [0.717, 1.165) is 29.5 Å². The summed E-state index contributed by atoms with van der Waals surface area (Å²) in [6.07, 6.45) is 1.63. The largest absolute Gasteiger partial charge is 0.487 e. The predicted octanol–water partition coefficient (Wildman–Crippen LogP) is 4.93. The lowest BCUT2D eigenvalue weighted by molar-refractivity contribution is 0.0697. The normalized spacial score (nSPS) is 10.3. The number of rotatable bonds is 7. The van der Waals surface area contributed by atoms with Gasteiger partial charge in [-0.1, -0.05) is 48.5 Å². The Morgan fingerprint density at radius 2 is 1.71 bits per heavy atom. The van der Waals surface area contributed by atoms with Crippen LogP contribution >= 0.6 is 0 Å². The molecule has 0 heterocycles. The Hall–Kier alpha value is -3.58. The van der Waals surface area contributed by atoms with Gasteiger partial charge in [-0.05, 0) is 60.2 Å². The molecule has 1 N–H and O–H groups in total. The third-order valence-corrected chi connectivity index (χ3v) is 4.54. The maximum atomic E-state index is 11.0. The molecular weight excluding hydrogens is 350 g/mol. The Morgan fingerprint density at radius 3 is 2.36 bits per heavy atom. The molecule has 0 spiro atoms. The highest BCUT2D eigenvalue weighted by atomic mass is 16.5. The van der Waals surface area contributed by atoms with E-state index in [4.69, 9.17) is 9.84 Å². The molecule has 0 fully saturated rings. The minimum atomic E-state index is -0.957. The van der Waals surface area contributed by atoms with E-state index in [1.165, 1.54) is 5.56 Å². The van der Waals surface area contributed by atoms with Crippen molar-refractivity contribution in [3.63, 3.8) is 0 Å². The molecule has 140 valence electrons. The summed E-state index contributed by atoms with van der Waals surface area (Å²) in [5.41, 5.74) is 4.87. The second-order valence-electron chi connectivity index (χ2n) is 6.69. The summed E-state index contributed by atoms with van der Waals surface area (Å²) in [6.45, 7) is 2.25. The molecule has 0 atom stereocenters. The molecule has 0 radical (unpaired) electrons. The summed E-state index contributed by atoms with van der Waals surface area (Å²) >= 11 is 0. The van der Waals surface area contributed by atoms with Crippen LogP contribution in [0.25, 0.3) is 0 Å². The van der Waals surface area contributed by atoms with Gasteiger partial charge in [-0.2, -0.15) is 5.26 Å². The van der Waals surface area contributed by atoms with Crippen LogP contribution in [0.4, 0.5) is 0 Å². The summed E-state index contributed by atoms with van der Waals surface area (Å²) in [4.78, 5) is 11.0. The third kappa shape index (κ3) is 4.77. The summed E-state index contributed by atoms with van der Waals surface area (Å²) in [5.74, 6) is -0.354. The molecule has 4 heteroatoms. The van der Waals surface area contributed by atoms with Crippen LogP contribution in [0.3, 0.4) is 0 Å². The molecule has 0 aliphatic carbocycles. The first-order chi connectivity index (χ1) is 13.6. The van der Waals surface area contributed by atoms with Gasteiger partial charge < -0.3 is 9.84 Å². The van der Waals surface area contributed by atoms with E-state index in [-0.39, 0.29) is 12.2 Å². The van der Waals surface area contributed by atoms with Crippen molar-refractivity contribution in [3.05, 3.63) is 100 Å². The SMILES string of the molecule is Cc1cc(C#N)c(OCc2ccc(C(=O)O)cc2)c(CCc2ccccc2)c1.